The Hall–Kier alpha value is -1.89. The Kier molecular flexibility index (Phi) is 1.22. The molecule has 0 amide bonds. The van der Waals surface area contributed by atoms with Crippen LogP contribution in [0.1, 0.15) is 8.22 Å². The Morgan fingerprint density at radius 2 is 2.19 bits per heavy atom. The van der Waals surface area contributed by atoms with Crippen LogP contribution in [0.4, 0.5) is 0 Å². The van der Waals surface area contributed by atoms with Crippen molar-refractivity contribution in [2.45, 2.75) is 6.54 Å². The number of hydrogen-bond donors (Lipinski definition) is 1. The number of rotatable bonds is 2. The first-order chi connectivity index (χ1) is 10.00. The van der Waals surface area contributed by atoms with E-state index < -0.39 is 30.8 Å². The third-order valence-corrected chi connectivity index (χ3v) is 2.16. The molecule has 0 aliphatic carbocycles. The van der Waals surface area contributed by atoms with E-state index in [1.54, 1.807) is 0 Å². The third kappa shape index (κ3) is 1.28. The summed E-state index contributed by atoms with van der Waals surface area (Å²) in [5, 5.41) is 8.95. The molecule has 7 nitrogen and oxygen atoms in total. The van der Waals surface area contributed by atoms with Crippen molar-refractivity contribution >= 4 is 11.2 Å². The molecule has 0 atom stereocenters. The van der Waals surface area contributed by atoms with Crippen molar-refractivity contribution in [2.75, 3.05) is 6.61 Å². The van der Waals surface area contributed by atoms with Gasteiger partial charge in [0.05, 0.1) is 12.9 Å². The van der Waals surface area contributed by atoms with Crippen molar-refractivity contribution in [1.29, 1.82) is 0 Å². The minimum atomic E-state index is -3.15. The van der Waals surface area contributed by atoms with Crippen molar-refractivity contribution in [3.63, 3.8) is 0 Å². The van der Waals surface area contributed by atoms with Gasteiger partial charge in [-0.25, -0.2) is 9.78 Å². The van der Waals surface area contributed by atoms with E-state index in [1.807, 2.05) is 0 Å². The third-order valence-electron chi connectivity index (χ3n) is 2.16. The summed E-state index contributed by atoms with van der Waals surface area (Å²) in [6.45, 7) is -6.66. The molecule has 2 aromatic rings. The van der Waals surface area contributed by atoms with Crippen LogP contribution in [0.5, 0.6) is 0 Å². The summed E-state index contributed by atoms with van der Waals surface area (Å²) in [4.78, 5) is 28.2. The van der Waals surface area contributed by atoms with Gasteiger partial charge in [-0.2, -0.15) is 0 Å². The average molecular weight is 230 g/mol. The SMILES string of the molecule is [2H]C([2H])([2H])n1c(=O)c2c(ncn2CCO)n(C([2H])([2H])[2H])c1=O. The number of aromatic nitrogens is 4. The lowest BCUT2D eigenvalue weighted by Gasteiger charge is -2.04. The van der Waals surface area contributed by atoms with Gasteiger partial charge in [-0.1, -0.05) is 0 Å². The van der Waals surface area contributed by atoms with Crippen LogP contribution >= 0.6 is 0 Å². The van der Waals surface area contributed by atoms with Crippen LogP contribution in [0.2, 0.25) is 0 Å². The van der Waals surface area contributed by atoms with Crippen LogP contribution in [0.25, 0.3) is 11.2 Å². The molecule has 0 radical (unpaired) electrons. The first kappa shape index (κ1) is 5.44. The number of fused-ring (bicyclic) bond motifs is 1. The lowest BCUT2D eigenvalue weighted by Crippen LogP contribution is -2.37. The summed E-state index contributed by atoms with van der Waals surface area (Å²) in [6, 6.07) is 0. The van der Waals surface area contributed by atoms with Crippen molar-refractivity contribution in [3.05, 3.63) is 27.2 Å². The first-order valence-electron chi connectivity index (χ1n) is 7.35. The predicted octanol–water partition coefficient (Wildman–Crippen LogP) is -1.57. The van der Waals surface area contributed by atoms with Crippen molar-refractivity contribution < 1.29 is 13.3 Å². The molecule has 0 fully saturated rings. The molecular formula is C9H12N4O3. The van der Waals surface area contributed by atoms with Gasteiger partial charge in [0.1, 0.15) is 0 Å². The van der Waals surface area contributed by atoms with Crippen molar-refractivity contribution in [3.8, 4) is 0 Å². The molecule has 0 spiro atoms. The van der Waals surface area contributed by atoms with Gasteiger partial charge in [-0.3, -0.25) is 13.9 Å². The van der Waals surface area contributed by atoms with Crippen LogP contribution in [0, 0.1) is 0 Å². The van der Waals surface area contributed by atoms with E-state index in [-0.39, 0.29) is 27.8 Å². The Bertz CT molecular complexity index is 827. The van der Waals surface area contributed by atoms with E-state index in [0.717, 1.165) is 10.9 Å². The Morgan fingerprint density at radius 3 is 2.81 bits per heavy atom. The lowest BCUT2D eigenvalue weighted by atomic mass is 10.5. The molecule has 7 heteroatoms. The topological polar surface area (TPSA) is 82.0 Å². The zero-order valence-corrected chi connectivity index (χ0v) is 8.04. The molecule has 86 valence electrons. The minimum Gasteiger partial charge on any atom is -0.395 e. The summed E-state index contributed by atoms with van der Waals surface area (Å²) in [6.07, 6.45) is 1.06. The van der Waals surface area contributed by atoms with Crippen molar-refractivity contribution in [1.82, 2.24) is 18.7 Å². The number of hydrogen-bond acceptors (Lipinski definition) is 4. The lowest BCUT2D eigenvalue weighted by molar-refractivity contribution is 0.277. The van der Waals surface area contributed by atoms with Gasteiger partial charge < -0.3 is 9.67 Å². The summed E-state index contributed by atoms with van der Waals surface area (Å²) in [7, 11) is 0. The van der Waals surface area contributed by atoms with Crippen LogP contribution < -0.4 is 11.2 Å². The predicted molar refractivity (Wildman–Crippen MR) is 57.3 cm³/mol. The van der Waals surface area contributed by atoms with E-state index >= 15 is 0 Å². The van der Waals surface area contributed by atoms with Gasteiger partial charge in [-0.15, -0.1) is 0 Å². The molecule has 1 N–H and O–H groups in total. The van der Waals surface area contributed by atoms with E-state index in [0.29, 0.717) is 0 Å². The zero-order chi connectivity index (χ0) is 16.9. The Balaban J connectivity index is 3.08. The van der Waals surface area contributed by atoms with Gasteiger partial charge >= 0.3 is 5.69 Å². The number of aliphatic hydroxyl groups is 1. The number of imidazole rings is 1. The Morgan fingerprint density at radius 1 is 1.44 bits per heavy atom. The quantitative estimate of drug-likeness (QED) is 0.675. The summed E-state index contributed by atoms with van der Waals surface area (Å²) < 4.78 is 45.1. The highest BCUT2D eigenvalue weighted by molar-refractivity contribution is 5.69. The van der Waals surface area contributed by atoms with E-state index in [2.05, 4.69) is 4.98 Å². The molecule has 16 heavy (non-hydrogen) atoms. The summed E-state index contributed by atoms with van der Waals surface area (Å²) >= 11 is 0. The smallest absolute Gasteiger partial charge is 0.332 e. The standard InChI is InChI=1S/C9H12N4O3/c1-11-7-6(8(15)12(2)9(11)16)13(3-4-14)5-10-7/h5,14H,3-4H2,1-2H3/i1D3,2D3. The molecule has 0 aliphatic rings. The minimum absolute atomic E-state index is 0.0999. The maximum atomic E-state index is 12.3. The molecule has 2 heterocycles. The molecule has 0 bridgehead atoms. The molecule has 2 aromatic heterocycles. The maximum Gasteiger partial charge on any atom is 0.332 e. The first-order valence-corrected chi connectivity index (χ1v) is 4.35. The van der Waals surface area contributed by atoms with E-state index in [4.69, 9.17) is 13.3 Å². The van der Waals surface area contributed by atoms with Crippen LogP contribution in [0.3, 0.4) is 0 Å². The fraction of sp³-hybridized carbons (Fsp3) is 0.444. The Labute approximate surface area is 98.6 Å². The van der Waals surface area contributed by atoms with Gasteiger partial charge in [0.15, 0.2) is 11.2 Å². The highest BCUT2D eigenvalue weighted by atomic mass is 16.3. The molecule has 0 unspecified atom stereocenters. The van der Waals surface area contributed by atoms with Gasteiger partial charge in [0.2, 0.25) is 0 Å². The number of aliphatic hydroxyl groups excluding tert-OH is 1. The van der Waals surface area contributed by atoms with E-state index in [9.17, 15) is 9.59 Å². The van der Waals surface area contributed by atoms with Gasteiger partial charge in [0, 0.05) is 28.7 Å². The molecule has 0 saturated heterocycles. The van der Waals surface area contributed by atoms with E-state index in [1.165, 1.54) is 0 Å². The maximum absolute atomic E-state index is 12.3. The fourth-order valence-corrected chi connectivity index (χ4v) is 1.41. The summed E-state index contributed by atoms with van der Waals surface area (Å²) in [5.41, 5.74) is -3.51. The summed E-state index contributed by atoms with van der Waals surface area (Å²) in [5.74, 6) is 0. The second-order valence-corrected chi connectivity index (χ2v) is 3.09. The molecule has 0 aromatic carbocycles. The van der Waals surface area contributed by atoms with Crippen LogP contribution in [-0.2, 0) is 20.5 Å². The molecule has 0 saturated carbocycles. The monoisotopic (exact) mass is 230 g/mol. The number of nitrogens with zero attached hydrogens (tertiary/aromatic N) is 4. The fourth-order valence-electron chi connectivity index (χ4n) is 1.41. The average Bonchev–Trinajstić information content (AvgIpc) is 2.69. The zero-order valence-electron chi connectivity index (χ0n) is 14.0. The van der Waals surface area contributed by atoms with Crippen LogP contribution in [-0.4, -0.2) is 30.4 Å². The molecule has 0 aliphatic heterocycles. The molecule has 2 rings (SSSR count). The second kappa shape index (κ2) is 3.60. The molecular weight excluding hydrogens is 212 g/mol. The van der Waals surface area contributed by atoms with Crippen molar-refractivity contribution in [2.24, 2.45) is 14.0 Å². The van der Waals surface area contributed by atoms with Gasteiger partial charge in [-0.05, 0) is 0 Å². The van der Waals surface area contributed by atoms with Crippen LogP contribution in [0.15, 0.2) is 15.9 Å². The highest BCUT2D eigenvalue weighted by Crippen LogP contribution is 2.04. The normalized spacial score (nSPS) is 18.3. The highest BCUT2D eigenvalue weighted by Gasteiger charge is 2.13. The second-order valence-electron chi connectivity index (χ2n) is 3.09. The largest absolute Gasteiger partial charge is 0.395 e. The van der Waals surface area contributed by atoms with Gasteiger partial charge in [0.25, 0.3) is 5.56 Å². The number of aryl methyl sites for hydroxylation is 1.